The standard InChI is InChI=1S/C22H28N4O/c1-23-22(26-14-12-18-7-3-4-8-19(18)26)24-15-17-11-13-25(16-17)20-9-5-6-10-21(20)27-2/h3-10,17H,11-16H2,1-2H3,(H,23,24). The summed E-state index contributed by atoms with van der Waals surface area (Å²) < 4.78 is 5.53. The highest BCUT2D eigenvalue weighted by Crippen LogP contribution is 2.32. The fraction of sp³-hybridized carbons (Fsp3) is 0.409. The van der Waals surface area contributed by atoms with Gasteiger partial charge < -0.3 is 19.9 Å². The van der Waals surface area contributed by atoms with Crippen LogP contribution in [0.2, 0.25) is 0 Å². The highest BCUT2D eigenvalue weighted by Gasteiger charge is 2.26. The van der Waals surface area contributed by atoms with Crippen molar-refractivity contribution >= 4 is 17.3 Å². The number of hydrogen-bond acceptors (Lipinski definition) is 3. The number of nitrogens with zero attached hydrogens (tertiary/aromatic N) is 3. The smallest absolute Gasteiger partial charge is 0.198 e. The van der Waals surface area contributed by atoms with Crippen LogP contribution in [0.4, 0.5) is 11.4 Å². The first-order valence-corrected chi connectivity index (χ1v) is 9.74. The topological polar surface area (TPSA) is 40.1 Å². The molecule has 1 saturated heterocycles. The molecule has 0 radical (unpaired) electrons. The molecular weight excluding hydrogens is 336 g/mol. The molecule has 5 nitrogen and oxygen atoms in total. The number of methoxy groups -OCH3 is 1. The first kappa shape index (κ1) is 17.7. The number of anilines is 2. The fourth-order valence-electron chi connectivity index (χ4n) is 4.20. The molecule has 0 spiro atoms. The molecule has 0 aliphatic carbocycles. The van der Waals surface area contributed by atoms with E-state index in [-0.39, 0.29) is 0 Å². The Morgan fingerprint density at radius 3 is 2.70 bits per heavy atom. The predicted molar refractivity (Wildman–Crippen MR) is 112 cm³/mol. The Hall–Kier alpha value is -2.69. The summed E-state index contributed by atoms with van der Waals surface area (Å²) in [6, 6.07) is 16.9. The van der Waals surface area contributed by atoms with Crippen LogP contribution in [0.5, 0.6) is 5.75 Å². The molecule has 142 valence electrons. The van der Waals surface area contributed by atoms with E-state index >= 15 is 0 Å². The zero-order valence-corrected chi connectivity index (χ0v) is 16.2. The summed E-state index contributed by atoms with van der Waals surface area (Å²) in [5.41, 5.74) is 3.89. The van der Waals surface area contributed by atoms with Crippen molar-refractivity contribution in [2.75, 3.05) is 50.1 Å². The van der Waals surface area contributed by atoms with Crippen molar-refractivity contribution < 1.29 is 4.74 Å². The van der Waals surface area contributed by atoms with E-state index in [0.717, 1.165) is 44.3 Å². The van der Waals surface area contributed by atoms with Crippen molar-refractivity contribution in [1.29, 1.82) is 0 Å². The lowest BCUT2D eigenvalue weighted by atomic mass is 10.1. The molecule has 1 atom stereocenters. The summed E-state index contributed by atoms with van der Waals surface area (Å²) in [5.74, 6) is 2.54. The highest BCUT2D eigenvalue weighted by molar-refractivity contribution is 5.97. The molecule has 27 heavy (non-hydrogen) atoms. The van der Waals surface area contributed by atoms with Gasteiger partial charge in [0.25, 0.3) is 0 Å². The van der Waals surface area contributed by atoms with Gasteiger partial charge in [-0.3, -0.25) is 4.99 Å². The Morgan fingerprint density at radius 1 is 1.11 bits per heavy atom. The maximum atomic E-state index is 5.53. The van der Waals surface area contributed by atoms with Gasteiger partial charge in [0.2, 0.25) is 0 Å². The Kier molecular flexibility index (Phi) is 5.19. The third kappa shape index (κ3) is 3.59. The quantitative estimate of drug-likeness (QED) is 0.668. The van der Waals surface area contributed by atoms with Crippen molar-refractivity contribution in [2.45, 2.75) is 12.8 Å². The Balaban J connectivity index is 1.37. The number of nitrogens with one attached hydrogen (secondary N) is 1. The summed E-state index contributed by atoms with van der Waals surface area (Å²) >= 11 is 0. The maximum Gasteiger partial charge on any atom is 0.198 e. The average molecular weight is 364 g/mol. The maximum absolute atomic E-state index is 5.53. The SMILES string of the molecule is CN=C(NCC1CCN(c2ccccc2OC)C1)N1CCc2ccccc21. The molecule has 2 aliphatic rings. The lowest BCUT2D eigenvalue weighted by Gasteiger charge is -2.24. The van der Waals surface area contributed by atoms with Crippen molar-refractivity contribution in [3.05, 3.63) is 54.1 Å². The molecule has 1 fully saturated rings. The van der Waals surface area contributed by atoms with Crippen molar-refractivity contribution in [3.8, 4) is 5.75 Å². The molecule has 1 N–H and O–H groups in total. The van der Waals surface area contributed by atoms with Crippen LogP contribution in [0, 0.1) is 5.92 Å². The van der Waals surface area contributed by atoms with Gasteiger partial charge in [0.15, 0.2) is 5.96 Å². The number of para-hydroxylation sites is 3. The predicted octanol–water partition coefficient (Wildman–Crippen LogP) is 3.16. The van der Waals surface area contributed by atoms with Crippen LogP contribution >= 0.6 is 0 Å². The van der Waals surface area contributed by atoms with Gasteiger partial charge in [0.1, 0.15) is 5.75 Å². The molecule has 0 bridgehead atoms. The first-order valence-electron chi connectivity index (χ1n) is 9.74. The number of benzene rings is 2. The van der Waals surface area contributed by atoms with Crippen LogP contribution in [-0.4, -0.2) is 46.3 Å². The largest absolute Gasteiger partial charge is 0.495 e. The van der Waals surface area contributed by atoms with E-state index in [1.54, 1.807) is 7.11 Å². The summed E-state index contributed by atoms with van der Waals surface area (Å²) in [7, 11) is 3.62. The minimum Gasteiger partial charge on any atom is -0.495 e. The van der Waals surface area contributed by atoms with E-state index in [9.17, 15) is 0 Å². The molecule has 0 aromatic heterocycles. The lowest BCUT2D eigenvalue weighted by Crippen LogP contribution is -2.42. The second-order valence-electron chi connectivity index (χ2n) is 7.23. The van der Waals surface area contributed by atoms with Gasteiger partial charge in [0, 0.05) is 38.9 Å². The van der Waals surface area contributed by atoms with E-state index in [4.69, 9.17) is 4.74 Å². The van der Waals surface area contributed by atoms with Gasteiger partial charge in [-0.25, -0.2) is 0 Å². The third-order valence-electron chi connectivity index (χ3n) is 5.62. The van der Waals surface area contributed by atoms with Gasteiger partial charge >= 0.3 is 0 Å². The van der Waals surface area contributed by atoms with Crippen LogP contribution in [0.3, 0.4) is 0 Å². The number of rotatable bonds is 4. The van der Waals surface area contributed by atoms with Crippen LogP contribution in [0.1, 0.15) is 12.0 Å². The normalized spacial score (nSPS) is 19.3. The number of hydrogen-bond donors (Lipinski definition) is 1. The van der Waals surface area contributed by atoms with Gasteiger partial charge in [0.05, 0.1) is 12.8 Å². The summed E-state index contributed by atoms with van der Waals surface area (Å²) in [6.07, 6.45) is 2.26. The molecule has 2 aromatic carbocycles. The number of guanidine groups is 1. The third-order valence-corrected chi connectivity index (χ3v) is 5.62. The zero-order valence-electron chi connectivity index (χ0n) is 16.2. The molecule has 1 unspecified atom stereocenters. The molecule has 5 heteroatoms. The molecule has 0 saturated carbocycles. The van der Waals surface area contributed by atoms with Crippen LogP contribution in [-0.2, 0) is 6.42 Å². The van der Waals surface area contributed by atoms with Gasteiger partial charge in [-0.15, -0.1) is 0 Å². The Labute approximate surface area is 161 Å². The van der Waals surface area contributed by atoms with Crippen molar-refractivity contribution in [2.24, 2.45) is 10.9 Å². The van der Waals surface area contributed by atoms with Gasteiger partial charge in [-0.2, -0.15) is 0 Å². The van der Waals surface area contributed by atoms with Gasteiger partial charge in [-0.1, -0.05) is 30.3 Å². The Bertz CT molecular complexity index is 819. The first-order chi connectivity index (χ1) is 13.3. The number of fused-ring (bicyclic) bond motifs is 1. The summed E-state index contributed by atoms with van der Waals surface area (Å²) in [4.78, 5) is 9.27. The van der Waals surface area contributed by atoms with E-state index in [1.807, 2.05) is 19.2 Å². The second kappa shape index (κ2) is 7.91. The van der Waals surface area contributed by atoms with Crippen LogP contribution < -0.4 is 19.9 Å². The molecule has 0 amide bonds. The number of ether oxygens (including phenoxy) is 1. The fourth-order valence-corrected chi connectivity index (χ4v) is 4.20. The lowest BCUT2D eigenvalue weighted by molar-refractivity contribution is 0.414. The summed E-state index contributed by atoms with van der Waals surface area (Å²) in [6.45, 7) is 4.05. The molecule has 2 heterocycles. The second-order valence-corrected chi connectivity index (χ2v) is 7.23. The van der Waals surface area contributed by atoms with Gasteiger partial charge in [-0.05, 0) is 42.5 Å². The Morgan fingerprint density at radius 2 is 1.89 bits per heavy atom. The highest BCUT2D eigenvalue weighted by atomic mass is 16.5. The number of aliphatic imine (C=N–C) groups is 1. The van der Waals surface area contributed by atoms with Crippen LogP contribution in [0.25, 0.3) is 0 Å². The molecular formula is C22H28N4O. The molecule has 2 aromatic rings. The van der Waals surface area contributed by atoms with E-state index in [1.165, 1.54) is 23.4 Å². The van der Waals surface area contributed by atoms with E-state index in [0.29, 0.717) is 5.92 Å². The summed E-state index contributed by atoms with van der Waals surface area (Å²) in [5, 5.41) is 3.61. The molecule has 4 rings (SSSR count). The van der Waals surface area contributed by atoms with Crippen molar-refractivity contribution in [1.82, 2.24) is 5.32 Å². The minimum atomic E-state index is 0.601. The monoisotopic (exact) mass is 364 g/mol. The van der Waals surface area contributed by atoms with E-state index in [2.05, 4.69) is 56.5 Å². The molecule has 2 aliphatic heterocycles. The van der Waals surface area contributed by atoms with Crippen molar-refractivity contribution in [3.63, 3.8) is 0 Å². The zero-order chi connectivity index (χ0) is 18.6. The minimum absolute atomic E-state index is 0.601. The average Bonchev–Trinajstić information content (AvgIpc) is 3.36. The van der Waals surface area contributed by atoms with E-state index < -0.39 is 0 Å². The van der Waals surface area contributed by atoms with Crippen LogP contribution in [0.15, 0.2) is 53.5 Å².